The topological polar surface area (TPSA) is 22.1 Å². The Morgan fingerprint density at radius 3 is 2.50 bits per heavy atom. The molecular weight excluding hydrogens is 222 g/mol. The molecule has 0 amide bonds. The van der Waals surface area contributed by atoms with Gasteiger partial charge in [-0.25, -0.2) is 0 Å². The van der Waals surface area contributed by atoms with Gasteiger partial charge in [0, 0.05) is 11.1 Å². The van der Waals surface area contributed by atoms with E-state index in [1.165, 1.54) is 0 Å². The lowest BCUT2D eigenvalue weighted by molar-refractivity contribution is 0.415. The number of hydrogen-bond donors (Lipinski definition) is 0. The van der Waals surface area contributed by atoms with Crippen LogP contribution in [0.4, 0.5) is 0 Å². The lowest BCUT2D eigenvalue weighted by Crippen LogP contribution is -1.94. The quantitative estimate of drug-likeness (QED) is 0.750. The van der Waals surface area contributed by atoms with E-state index >= 15 is 0 Å². The highest BCUT2D eigenvalue weighted by Gasteiger charge is 2.10. The zero-order chi connectivity index (χ0) is 11.9. The van der Waals surface area contributed by atoms with Crippen LogP contribution < -0.4 is 4.74 Å². The number of pyridine rings is 1. The minimum Gasteiger partial charge on any atom is -0.497 e. The van der Waals surface area contributed by atoms with Crippen LogP contribution >= 0.6 is 11.6 Å². The molecule has 0 unspecified atom stereocenters. The summed E-state index contributed by atoms with van der Waals surface area (Å²) in [6, 6.07) is 3.91. The summed E-state index contributed by atoms with van der Waals surface area (Å²) in [6.07, 6.45) is 0. The Bertz CT molecular complexity index is 564. The summed E-state index contributed by atoms with van der Waals surface area (Å²) < 4.78 is 5.24. The summed E-state index contributed by atoms with van der Waals surface area (Å²) in [5.74, 6) is 0.817. The van der Waals surface area contributed by atoms with Crippen LogP contribution in [0.3, 0.4) is 0 Å². The molecule has 1 heterocycles. The van der Waals surface area contributed by atoms with Gasteiger partial charge in [-0.2, -0.15) is 0 Å². The summed E-state index contributed by atoms with van der Waals surface area (Å²) in [5.41, 5.74) is 4.04. The molecule has 0 N–H and O–H groups in total. The van der Waals surface area contributed by atoms with Gasteiger partial charge < -0.3 is 4.74 Å². The molecule has 0 saturated carbocycles. The summed E-state index contributed by atoms with van der Waals surface area (Å²) in [6.45, 7) is 5.98. The molecule has 2 aromatic rings. The number of aromatic nitrogens is 1. The van der Waals surface area contributed by atoms with E-state index in [1.54, 1.807) is 7.11 Å². The van der Waals surface area contributed by atoms with Crippen molar-refractivity contribution in [2.45, 2.75) is 20.8 Å². The van der Waals surface area contributed by atoms with Crippen LogP contribution in [-0.2, 0) is 0 Å². The minimum absolute atomic E-state index is 0.768. The minimum atomic E-state index is 0.768. The number of hydrogen-bond acceptors (Lipinski definition) is 2. The maximum Gasteiger partial charge on any atom is 0.119 e. The van der Waals surface area contributed by atoms with Gasteiger partial charge in [-0.1, -0.05) is 11.6 Å². The van der Waals surface area contributed by atoms with E-state index < -0.39 is 0 Å². The highest BCUT2D eigenvalue weighted by molar-refractivity contribution is 6.36. The van der Waals surface area contributed by atoms with Crippen molar-refractivity contribution >= 4 is 22.5 Å². The van der Waals surface area contributed by atoms with Gasteiger partial charge in [-0.15, -0.1) is 0 Å². The van der Waals surface area contributed by atoms with Gasteiger partial charge in [0.05, 0.1) is 17.6 Å². The third-order valence-corrected chi connectivity index (χ3v) is 3.38. The number of benzene rings is 1. The molecule has 0 aliphatic carbocycles. The molecule has 0 spiro atoms. The number of nitrogens with zero attached hydrogens (tertiary/aromatic N) is 1. The number of rotatable bonds is 1. The van der Waals surface area contributed by atoms with Crippen molar-refractivity contribution in [3.63, 3.8) is 0 Å². The van der Waals surface area contributed by atoms with E-state index in [4.69, 9.17) is 16.3 Å². The molecule has 0 fully saturated rings. The van der Waals surface area contributed by atoms with Gasteiger partial charge in [0.25, 0.3) is 0 Å². The third-order valence-electron chi connectivity index (χ3n) is 2.90. The molecule has 0 aliphatic rings. The highest BCUT2D eigenvalue weighted by Crippen LogP contribution is 2.32. The van der Waals surface area contributed by atoms with Gasteiger partial charge in [0.2, 0.25) is 0 Å². The second kappa shape index (κ2) is 3.95. The molecule has 0 radical (unpaired) electrons. The fourth-order valence-corrected chi connectivity index (χ4v) is 2.07. The molecular formula is C13H14ClNO. The van der Waals surface area contributed by atoms with E-state index in [1.807, 2.05) is 32.9 Å². The first-order chi connectivity index (χ1) is 7.54. The van der Waals surface area contributed by atoms with Crippen LogP contribution in [-0.4, -0.2) is 12.1 Å². The molecule has 0 atom stereocenters. The number of ether oxygens (including phenoxy) is 1. The van der Waals surface area contributed by atoms with Crippen LogP contribution in [0.25, 0.3) is 10.9 Å². The lowest BCUT2D eigenvalue weighted by atomic mass is 10.1. The monoisotopic (exact) mass is 235 g/mol. The van der Waals surface area contributed by atoms with Crippen LogP contribution in [0.1, 0.15) is 16.8 Å². The Labute approximate surface area is 100 Å². The molecule has 1 aromatic heterocycles. The Morgan fingerprint density at radius 2 is 1.88 bits per heavy atom. The lowest BCUT2D eigenvalue weighted by Gasteiger charge is -2.10. The first-order valence-corrected chi connectivity index (χ1v) is 5.53. The molecule has 3 heteroatoms. The second-order valence-electron chi connectivity index (χ2n) is 3.98. The zero-order valence-electron chi connectivity index (χ0n) is 9.89. The summed E-state index contributed by atoms with van der Waals surface area (Å²) in [4.78, 5) is 4.57. The normalized spacial score (nSPS) is 10.8. The largest absolute Gasteiger partial charge is 0.497 e. The van der Waals surface area contributed by atoms with E-state index in [-0.39, 0.29) is 0 Å². The molecule has 16 heavy (non-hydrogen) atoms. The Hall–Kier alpha value is -1.28. The standard InChI is InChI=1S/C13H14ClNO/c1-7-5-10(16-4)6-11-12(14)8(2)9(3)15-13(7)11/h5-6H,1-4H3. The number of fused-ring (bicyclic) bond motifs is 1. The van der Waals surface area contributed by atoms with Gasteiger partial charge in [0.15, 0.2) is 0 Å². The number of halogens is 1. The summed E-state index contributed by atoms with van der Waals surface area (Å²) >= 11 is 6.34. The van der Waals surface area contributed by atoms with Gasteiger partial charge in [-0.3, -0.25) is 4.98 Å². The van der Waals surface area contributed by atoms with Crippen LogP contribution in [0, 0.1) is 20.8 Å². The number of aryl methyl sites for hydroxylation is 2. The molecule has 2 nitrogen and oxygen atoms in total. The number of methoxy groups -OCH3 is 1. The van der Waals surface area contributed by atoms with Crippen molar-refractivity contribution in [2.75, 3.05) is 7.11 Å². The fourth-order valence-electron chi connectivity index (χ4n) is 1.79. The summed E-state index contributed by atoms with van der Waals surface area (Å²) in [7, 11) is 1.66. The maximum atomic E-state index is 6.34. The Morgan fingerprint density at radius 1 is 1.19 bits per heavy atom. The molecule has 2 rings (SSSR count). The van der Waals surface area contributed by atoms with Gasteiger partial charge in [0.1, 0.15) is 5.75 Å². The average molecular weight is 236 g/mol. The van der Waals surface area contributed by atoms with E-state index in [9.17, 15) is 0 Å². The van der Waals surface area contributed by atoms with E-state index in [0.29, 0.717) is 0 Å². The smallest absolute Gasteiger partial charge is 0.119 e. The Balaban J connectivity index is 2.90. The van der Waals surface area contributed by atoms with E-state index in [0.717, 1.165) is 38.5 Å². The van der Waals surface area contributed by atoms with Gasteiger partial charge >= 0.3 is 0 Å². The van der Waals surface area contributed by atoms with Crippen molar-refractivity contribution in [3.8, 4) is 5.75 Å². The molecule has 0 bridgehead atoms. The van der Waals surface area contributed by atoms with Crippen LogP contribution in [0.15, 0.2) is 12.1 Å². The van der Waals surface area contributed by atoms with Gasteiger partial charge in [-0.05, 0) is 44.0 Å². The molecule has 1 aromatic carbocycles. The second-order valence-corrected chi connectivity index (χ2v) is 4.35. The predicted octanol–water partition coefficient (Wildman–Crippen LogP) is 3.82. The van der Waals surface area contributed by atoms with Crippen molar-refractivity contribution in [2.24, 2.45) is 0 Å². The third kappa shape index (κ3) is 1.63. The highest BCUT2D eigenvalue weighted by atomic mass is 35.5. The molecule has 0 saturated heterocycles. The maximum absolute atomic E-state index is 6.34. The van der Waals surface area contributed by atoms with Crippen molar-refractivity contribution < 1.29 is 4.74 Å². The van der Waals surface area contributed by atoms with Crippen molar-refractivity contribution in [3.05, 3.63) is 34.0 Å². The zero-order valence-corrected chi connectivity index (χ0v) is 10.6. The average Bonchev–Trinajstić information content (AvgIpc) is 2.27. The van der Waals surface area contributed by atoms with Crippen LogP contribution in [0.2, 0.25) is 5.02 Å². The fraction of sp³-hybridized carbons (Fsp3) is 0.308. The molecule has 0 aliphatic heterocycles. The molecule has 84 valence electrons. The van der Waals surface area contributed by atoms with Crippen molar-refractivity contribution in [1.29, 1.82) is 0 Å². The predicted molar refractivity (Wildman–Crippen MR) is 67.5 cm³/mol. The van der Waals surface area contributed by atoms with E-state index in [2.05, 4.69) is 4.98 Å². The van der Waals surface area contributed by atoms with Crippen molar-refractivity contribution in [1.82, 2.24) is 4.98 Å². The first kappa shape index (κ1) is 11.2. The Kier molecular flexibility index (Phi) is 2.76. The SMILES string of the molecule is COc1cc(C)c2nc(C)c(C)c(Cl)c2c1. The first-order valence-electron chi connectivity index (χ1n) is 5.15. The summed E-state index contributed by atoms with van der Waals surface area (Å²) in [5, 5.41) is 1.73. The van der Waals surface area contributed by atoms with Crippen LogP contribution in [0.5, 0.6) is 5.75 Å².